The van der Waals surface area contributed by atoms with Crippen molar-refractivity contribution in [1.29, 1.82) is 0 Å². The predicted octanol–water partition coefficient (Wildman–Crippen LogP) is 1.07. The van der Waals surface area contributed by atoms with Crippen molar-refractivity contribution in [3.63, 3.8) is 0 Å². The summed E-state index contributed by atoms with van der Waals surface area (Å²) in [6.07, 6.45) is 2.42. The molecule has 0 amide bonds. The Kier molecular flexibility index (Phi) is 4.35. The molecule has 7 heteroatoms. The Bertz CT molecular complexity index is 453. The molecule has 0 aliphatic carbocycles. The highest BCUT2D eigenvalue weighted by Gasteiger charge is 2.15. The number of nitrogens with zero attached hydrogens (tertiary/aromatic N) is 3. The fraction of sp³-hybridized carbons (Fsp3) is 0.667. The van der Waals surface area contributed by atoms with Gasteiger partial charge in [0.1, 0.15) is 5.82 Å². The molecule has 5 nitrogen and oxygen atoms in total. The molecule has 0 bridgehead atoms. The molecule has 0 saturated heterocycles. The molecule has 1 rings (SSSR count). The molecule has 0 spiro atoms. The van der Waals surface area contributed by atoms with E-state index in [2.05, 4.69) is 9.88 Å². The Labute approximate surface area is 100 Å². The Morgan fingerprint density at radius 3 is 2.56 bits per heavy atom. The van der Waals surface area contributed by atoms with Gasteiger partial charge in [-0.3, -0.25) is 0 Å². The number of aromatic nitrogens is 2. The van der Waals surface area contributed by atoms with Gasteiger partial charge in [-0.1, -0.05) is 0 Å². The fourth-order valence-corrected chi connectivity index (χ4v) is 2.10. The molecule has 0 aromatic carbocycles. The number of aryl methyl sites for hydroxylation is 2. The second-order valence-electron chi connectivity index (χ2n) is 3.91. The van der Waals surface area contributed by atoms with E-state index in [0.717, 1.165) is 19.5 Å². The number of hydrogen-bond donors (Lipinski definition) is 0. The van der Waals surface area contributed by atoms with E-state index in [4.69, 9.17) is 10.7 Å². The van der Waals surface area contributed by atoms with Gasteiger partial charge < -0.3 is 9.47 Å². The summed E-state index contributed by atoms with van der Waals surface area (Å²) in [5, 5.41) is -0.0727. The average Bonchev–Trinajstić information content (AvgIpc) is 2.46. The first-order valence-corrected chi connectivity index (χ1v) is 7.25. The third-order valence-corrected chi connectivity index (χ3v) is 3.38. The summed E-state index contributed by atoms with van der Waals surface area (Å²) in [7, 11) is 5.49. The van der Waals surface area contributed by atoms with Crippen molar-refractivity contribution in [2.24, 2.45) is 0 Å². The highest BCUT2D eigenvalue weighted by atomic mass is 35.7. The lowest BCUT2D eigenvalue weighted by Gasteiger charge is -2.09. The monoisotopic (exact) mass is 265 g/mol. The maximum absolute atomic E-state index is 11.1. The topological polar surface area (TPSA) is 55.2 Å². The third kappa shape index (κ3) is 3.77. The number of halogens is 1. The standard InChI is InChI=1S/C9H16ClN3O2S/c1-8-11-9(16(10,14)15)7-13(8)6-4-5-12(2)3/h7H,4-6H2,1-3H3. The van der Waals surface area contributed by atoms with Crippen LogP contribution in [0.5, 0.6) is 0 Å². The SMILES string of the molecule is Cc1nc(S(=O)(=O)Cl)cn1CCCN(C)C. The van der Waals surface area contributed by atoms with Gasteiger partial charge >= 0.3 is 0 Å². The first-order valence-electron chi connectivity index (χ1n) is 4.94. The Hall–Kier alpha value is -0.590. The first kappa shape index (κ1) is 13.5. The van der Waals surface area contributed by atoms with Crippen LogP contribution in [0, 0.1) is 6.92 Å². The van der Waals surface area contributed by atoms with Gasteiger partial charge in [-0.2, -0.15) is 0 Å². The van der Waals surface area contributed by atoms with Crippen molar-refractivity contribution < 1.29 is 8.42 Å². The maximum Gasteiger partial charge on any atom is 0.280 e. The molecule has 0 N–H and O–H groups in total. The summed E-state index contributed by atoms with van der Waals surface area (Å²) in [4.78, 5) is 5.98. The molecular formula is C9H16ClN3O2S. The first-order chi connectivity index (χ1) is 7.30. The van der Waals surface area contributed by atoms with Crippen molar-refractivity contribution in [3.05, 3.63) is 12.0 Å². The second kappa shape index (κ2) is 5.16. The zero-order valence-corrected chi connectivity index (χ0v) is 11.2. The molecule has 92 valence electrons. The van der Waals surface area contributed by atoms with Gasteiger partial charge in [0.05, 0.1) is 0 Å². The van der Waals surface area contributed by atoms with E-state index in [1.165, 1.54) is 6.20 Å². The van der Waals surface area contributed by atoms with Crippen molar-refractivity contribution in [2.45, 2.75) is 24.9 Å². The van der Waals surface area contributed by atoms with Gasteiger partial charge in [0.25, 0.3) is 9.05 Å². The number of rotatable bonds is 5. The molecule has 1 aromatic heterocycles. The van der Waals surface area contributed by atoms with E-state index in [1.807, 2.05) is 14.1 Å². The molecule has 0 unspecified atom stereocenters. The quantitative estimate of drug-likeness (QED) is 0.748. The van der Waals surface area contributed by atoms with E-state index in [1.54, 1.807) is 11.5 Å². The number of imidazole rings is 1. The molecule has 0 radical (unpaired) electrons. The van der Waals surface area contributed by atoms with Crippen LogP contribution in [0.1, 0.15) is 12.2 Å². The zero-order chi connectivity index (χ0) is 12.3. The van der Waals surface area contributed by atoms with Crippen molar-refractivity contribution >= 4 is 19.7 Å². The van der Waals surface area contributed by atoms with E-state index < -0.39 is 9.05 Å². The van der Waals surface area contributed by atoms with Gasteiger partial charge in [0.2, 0.25) is 0 Å². The van der Waals surface area contributed by atoms with Crippen molar-refractivity contribution in [3.8, 4) is 0 Å². The van der Waals surface area contributed by atoms with Crippen LogP contribution in [0.3, 0.4) is 0 Å². The van der Waals surface area contributed by atoms with Crippen LogP contribution in [0.25, 0.3) is 0 Å². The van der Waals surface area contributed by atoms with Gasteiger partial charge in [0.15, 0.2) is 5.03 Å². The maximum atomic E-state index is 11.1. The van der Waals surface area contributed by atoms with Gasteiger partial charge in [-0.25, -0.2) is 13.4 Å². The minimum absolute atomic E-state index is 0.0727. The molecule has 0 aliphatic heterocycles. The van der Waals surface area contributed by atoms with Crippen LogP contribution in [0.4, 0.5) is 0 Å². The molecule has 0 saturated carbocycles. The number of hydrogen-bond acceptors (Lipinski definition) is 4. The predicted molar refractivity (Wildman–Crippen MR) is 63.2 cm³/mol. The van der Waals surface area contributed by atoms with Gasteiger partial charge in [-0.15, -0.1) is 0 Å². The molecule has 0 fully saturated rings. The highest BCUT2D eigenvalue weighted by Crippen LogP contribution is 2.14. The summed E-state index contributed by atoms with van der Waals surface area (Å²) in [5.41, 5.74) is 0. The van der Waals surface area contributed by atoms with Crippen LogP contribution in [0.15, 0.2) is 11.2 Å². The highest BCUT2D eigenvalue weighted by molar-refractivity contribution is 8.13. The zero-order valence-electron chi connectivity index (χ0n) is 9.64. The van der Waals surface area contributed by atoms with Gasteiger partial charge in [0, 0.05) is 23.4 Å². The fourth-order valence-electron chi connectivity index (χ4n) is 1.38. The van der Waals surface area contributed by atoms with E-state index in [0.29, 0.717) is 5.82 Å². The van der Waals surface area contributed by atoms with Crippen LogP contribution >= 0.6 is 10.7 Å². The van der Waals surface area contributed by atoms with Crippen molar-refractivity contribution in [2.75, 3.05) is 20.6 Å². The molecule has 0 atom stereocenters. The van der Waals surface area contributed by atoms with E-state index in [9.17, 15) is 8.42 Å². The lowest BCUT2D eigenvalue weighted by atomic mass is 10.4. The summed E-state index contributed by atoms with van der Waals surface area (Å²) >= 11 is 0. The van der Waals surface area contributed by atoms with Crippen LogP contribution < -0.4 is 0 Å². The summed E-state index contributed by atoms with van der Waals surface area (Å²) in [5.74, 6) is 0.665. The molecular weight excluding hydrogens is 250 g/mol. The summed E-state index contributed by atoms with van der Waals surface area (Å²) in [6.45, 7) is 3.45. The molecule has 0 aliphatic rings. The average molecular weight is 266 g/mol. The smallest absolute Gasteiger partial charge is 0.280 e. The summed E-state index contributed by atoms with van der Waals surface area (Å²) in [6, 6.07) is 0. The van der Waals surface area contributed by atoms with Crippen LogP contribution in [0.2, 0.25) is 0 Å². The van der Waals surface area contributed by atoms with E-state index in [-0.39, 0.29) is 5.03 Å². The van der Waals surface area contributed by atoms with Gasteiger partial charge in [-0.05, 0) is 34.0 Å². The lowest BCUT2D eigenvalue weighted by molar-refractivity contribution is 0.385. The van der Waals surface area contributed by atoms with Crippen molar-refractivity contribution in [1.82, 2.24) is 14.5 Å². The normalized spacial score (nSPS) is 12.3. The van der Waals surface area contributed by atoms with E-state index >= 15 is 0 Å². The van der Waals surface area contributed by atoms with Crippen LogP contribution in [-0.4, -0.2) is 43.5 Å². The minimum atomic E-state index is -3.72. The second-order valence-corrected chi connectivity index (χ2v) is 6.43. The molecule has 1 heterocycles. The minimum Gasteiger partial charge on any atom is -0.334 e. The third-order valence-electron chi connectivity index (χ3n) is 2.21. The molecule has 1 aromatic rings. The Morgan fingerprint density at radius 1 is 1.50 bits per heavy atom. The lowest BCUT2D eigenvalue weighted by Crippen LogP contribution is -2.15. The molecule has 16 heavy (non-hydrogen) atoms. The largest absolute Gasteiger partial charge is 0.334 e. The Balaban J connectivity index is 2.72. The summed E-state index contributed by atoms with van der Waals surface area (Å²) < 4.78 is 23.9. The Morgan fingerprint density at radius 2 is 2.12 bits per heavy atom. The van der Waals surface area contributed by atoms with Crippen LogP contribution in [-0.2, 0) is 15.6 Å².